The fraction of sp³-hybridized carbons (Fsp3) is 0.395. The third-order valence-electron chi connectivity index (χ3n) is 8.96. The zero-order chi connectivity index (χ0) is 35.0. The lowest BCUT2D eigenvalue weighted by atomic mass is 9.60. The number of carboxylic acid groups (broad SMARTS) is 1. The Bertz CT molecular complexity index is 1590. The van der Waals surface area contributed by atoms with Crippen LogP contribution in [0.15, 0.2) is 79.1 Å². The number of rotatable bonds is 15. The first-order valence-corrected chi connectivity index (χ1v) is 16.4. The molecular formula is C38H46N4O6. The van der Waals surface area contributed by atoms with Crippen molar-refractivity contribution in [2.75, 3.05) is 6.61 Å². The van der Waals surface area contributed by atoms with E-state index in [2.05, 4.69) is 15.7 Å². The Balaban J connectivity index is 1.68. The number of pyridine rings is 1. The number of aliphatic carboxylic acids is 1. The Hall–Kier alpha value is -4.83. The van der Waals surface area contributed by atoms with Gasteiger partial charge in [0.2, 0.25) is 5.91 Å². The van der Waals surface area contributed by atoms with Gasteiger partial charge in [-0.05, 0) is 65.5 Å². The molecule has 4 rings (SSSR count). The number of ketones is 1. The first-order chi connectivity index (χ1) is 22.9. The van der Waals surface area contributed by atoms with Crippen LogP contribution < -0.4 is 16.6 Å². The Kier molecular flexibility index (Phi) is 11.9. The molecule has 1 aliphatic rings. The van der Waals surface area contributed by atoms with E-state index in [-0.39, 0.29) is 37.2 Å². The van der Waals surface area contributed by atoms with Crippen LogP contribution >= 0.6 is 0 Å². The average Bonchev–Trinajstić information content (AvgIpc) is 3.38. The maximum absolute atomic E-state index is 14.7. The molecular weight excluding hydrogens is 608 g/mol. The number of nitrogens with one attached hydrogen (secondary N) is 2. The normalized spacial score (nSPS) is 15.7. The van der Waals surface area contributed by atoms with Gasteiger partial charge in [-0.3, -0.25) is 24.8 Å². The number of allylic oxidation sites excluding steroid dienone is 1. The summed E-state index contributed by atoms with van der Waals surface area (Å²) in [4.78, 5) is 58.6. The zero-order valence-electron chi connectivity index (χ0n) is 28.2. The molecule has 10 nitrogen and oxygen atoms in total. The standard InChI is InChI=1S/C38H46N4O6/c1-23(2)19-31(35(44)42-39)33(36(45)46)38(20-24(3)4,17-16-26-11-10-18-40-21-26)34(43)25(5)41-37(47)48-22-32-29-14-8-6-12-27(29)28-13-7-9-15-30(28)32/h6-18,21,23-25,31-33H,19-20,22,39H2,1-5H3,(H,41,47)(H,42,44)(H,45,46)/b17-16+/t25-,31-,33-,38?/m1/s1. The molecule has 2 amide bonds. The minimum absolute atomic E-state index is 0.0453. The number of hydrogen-bond acceptors (Lipinski definition) is 7. The third-order valence-corrected chi connectivity index (χ3v) is 8.96. The largest absolute Gasteiger partial charge is 0.481 e. The summed E-state index contributed by atoms with van der Waals surface area (Å²) in [5.74, 6) is -0.0674. The molecule has 1 heterocycles. The van der Waals surface area contributed by atoms with E-state index in [1.54, 1.807) is 36.7 Å². The number of ether oxygens (including phenoxy) is 1. The number of amides is 2. The quantitative estimate of drug-likeness (QED) is 0.0885. The molecule has 0 fully saturated rings. The minimum atomic E-state index is -1.72. The lowest BCUT2D eigenvalue weighted by Crippen LogP contribution is -2.55. The molecule has 0 saturated carbocycles. The molecule has 5 N–H and O–H groups in total. The number of alkyl carbamates (subject to hydrolysis) is 1. The van der Waals surface area contributed by atoms with Gasteiger partial charge in [0.25, 0.3) is 0 Å². The van der Waals surface area contributed by atoms with Gasteiger partial charge in [-0.2, -0.15) is 0 Å². The molecule has 0 radical (unpaired) electrons. The van der Waals surface area contributed by atoms with Crippen LogP contribution in [0, 0.1) is 29.1 Å². The Labute approximate surface area is 282 Å². The van der Waals surface area contributed by atoms with Crippen LogP contribution in [0.25, 0.3) is 17.2 Å². The Morgan fingerprint density at radius 2 is 1.56 bits per heavy atom. The average molecular weight is 655 g/mol. The number of benzene rings is 2. The van der Waals surface area contributed by atoms with Gasteiger partial charge in [-0.25, -0.2) is 10.6 Å². The zero-order valence-corrected chi connectivity index (χ0v) is 28.2. The van der Waals surface area contributed by atoms with Crippen molar-refractivity contribution in [3.05, 3.63) is 95.8 Å². The lowest BCUT2D eigenvalue weighted by Gasteiger charge is -2.41. The number of carbonyl (C=O) groups excluding carboxylic acids is 3. The number of fused-ring (bicyclic) bond motifs is 3. The summed E-state index contributed by atoms with van der Waals surface area (Å²) in [6.07, 6.45) is 5.86. The van der Waals surface area contributed by atoms with Gasteiger partial charge in [0.1, 0.15) is 6.61 Å². The van der Waals surface area contributed by atoms with Gasteiger partial charge in [-0.15, -0.1) is 0 Å². The molecule has 1 unspecified atom stereocenters. The van der Waals surface area contributed by atoms with E-state index in [0.29, 0.717) is 5.56 Å². The van der Waals surface area contributed by atoms with Crippen molar-refractivity contribution < 1.29 is 29.0 Å². The van der Waals surface area contributed by atoms with E-state index >= 15 is 0 Å². The number of carboxylic acids is 1. The van der Waals surface area contributed by atoms with Crippen molar-refractivity contribution in [1.82, 2.24) is 15.7 Å². The molecule has 1 aromatic heterocycles. The second-order valence-corrected chi connectivity index (χ2v) is 13.4. The molecule has 3 aromatic rings. The van der Waals surface area contributed by atoms with Crippen LogP contribution in [-0.2, 0) is 19.1 Å². The van der Waals surface area contributed by atoms with Crippen molar-refractivity contribution >= 4 is 29.8 Å². The minimum Gasteiger partial charge on any atom is -0.481 e. The maximum Gasteiger partial charge on any atom is 0.407 e. The molecule has 0 bridgehead atoms. The predicted molar refractivity (Wildman–Crippen MR) is 184 cm³/mol. The highest BCUT2D eigenvalue weighted by molar-refractivity contribution is 5.99. The molecule has 10 heteroatoms. The maximum atomic E-state index is 14.7. The monoisotopic (exact) mass is 654 g/mol. The second-order valence-electron chi connectivity index (χ2n) is 13.4. The van der Waals surface area contributed by atoms with Crippen LogP contribution in [0.5, 0.6) is 0 Å². The third kappa shape index (κ3) is 7.99. The summed E-state index contributed by atoms with van der Waals surface area (Å²) < 4.78 is 5.72. The molecule has 48 heavy (non-hydrogen) atoms. The second kappa shape index (κ2) is 15.8. The predicted octanol–water partition coefficient (Wildman–Crippen LogP) is 5.98. The first-order valence-electron chi connectivity index (χ1n) is 16.4. The van der Waals surface area contributed by atoms with Gasteiger partial charge in [0, 0.05) is 18.3 Å². The number of hydrogen-bond donors (Lipinski definition) is 4. The highest BCUT2D eigenvalue weighted by atomic mass is 16.5. The topological polar surface area (TPSA) is 161 Å². The van der Waals surface area contributed by atoms with Gasteiger partial charge in [0.05, 0.1) is 23.3 Å². The highest BCUT2D eigenvalue weighted by Crippen LogP contribution is 2.46. The number of aromatic nitrogens is 1. The molecule has 2 aromatic carbocycles. The summed E-state index contributed by atoms with van der Waals surface area (Å²) in [5.41, 5.74) is 5.31. The molecule has 4 atom stereocenters. The first kappa shape index (κ1) is 36.0. The Morgan fingerprint density at radius 1 is 0.938 bits per heavy atom. The van der Waals surface area contributed by atoms with Gasteiger partial charge < -0.3 is 15.2 Å². The van der Waals surface area contributed by atoms with E-state index in [9.17, 15) is 24.3 Å². The SMILES string of the molecule is CC(C)C[C@@H](C(=O)NN)[C@H](C(=O)O)C(/C=C/c1cccnc1)(CC(C)C)C(=O)[C@@H](C)NC(=O)OCC1c2ccccc2-c2ccccc21. The van der Waals surface area contributed by atoms with E-state index in [1.807, 2.05) is 76.2 Å². The number of carbonyl (C=O) groups is 4. The smallest absolute Gasteiger partial charge is 0.407 e. The molecule has 0 saturated heterocycles. The fourth-order valence-corrected chi connectivity index (χ4v) is 7.08. The van der Waals surface area contributed by atoms with E-state index in [4.69, 9.17) is 10.6 Å². The van der Waals surface area contributed by atoms with E-state index < -0.39 is 47.0 Å². The Morgan fingerprint density at radius 3 is 2.08 bits per heavy atom. The fourth-order valence-electron chi connectivity index (χ4n) is 7.08. The molecule has 0 aliphatic heterocycles. The van der Waals surface area contributed by atoms with Crippen molar-refractivity contribution in [3.8, 4) is 11.1 Å². The summed E-state index contributed by atoms with van der Waals surface area (Å²) in [6.45, 7) is 9.05. The van der Waals surface area contributed by atoms with Crippen LogP contribution in [0.4, 0.5) is 4.79 Å². The van der Waals surface area contributed by atoms with E-state index in [0.717, 1.165) is 22.3 Å². The molecule has 254 valence electrons. The summed E-state index contributed by atoms with van der Waals surface area (Å²) >= 11 is 0. The summed E-state index contributed by atoms with van der Waals surface area (Å²) in [6, 6.07) is 18.3. The van der Waals surface area contributed by atoms with Gasteiger partial charge in [-0.1, -0.05) is 94.4 Å². The summed E-state index contributed by atoms with van der Waals surface area (Å²) in [7, 11) is 0. The lowest BCUT2D eigenvalue weighted by molar-refractivity contribution is -0.158. The van der Waals surface area contributed by atoms with Crippen molar-refractivity contribution in [2.24, 2.45) is 34.9 Å². The van der Waals surface area contributed by atoms with Gasteiger partial charge in [0.15, 0.2) is 5.78 Å². The number of nitrogens with zero attached hydrogens (tertiary/aromatic N) is 1. The highest BCUT2D eigenvalue weighted by Gasteiger charge is 2.54. The number of hydrazine groups is 1. The van der Waals surface area contributed by atoms with Crippen LogP contribution in [0.3, 0.4) is 0 Å². The van der Waals surface area contributed by atoms with E-state index in [1.165, 1.54) is 6.92 Å². The van der Waals surface area contributed by atoms with Crippen LogP contribution in [0.1, 0.15) is 70.1 Å². The van der Waals surface area contributed by atoms with Gasteiger partial charge >= 0.3 is 12.1 Å². The molecule has 1 aliphatic carbocycles. The van der Waals surface area contributed by atoms with Crippen molar-refractivity contribution in [1.29, 1.82) is 0 Å². The summed E-state index contributed by atoms with van der Waals surface area (Å²) in [5, 5.41) is 13.5. The van der Waals surface area contributed by atoms with Crippen molar-refractivity contribution in [2.45, 2.75) is 59.4 Å². The number of Topliss-reactive ketones (excluding diaryl/α,β-unsaturated/α-hetero) is 1. The van der Waals surface area contributed by atoms with Crippen LogP contribution in [-0.4, -0.2) is 46.5 Å². The van der Waals surface area contributed by atoms with Crippen LogP contribution in [0.2, 0.25) is 0 Å². The molecule has 0 spiro atoms. The number of nitrogens with two attached hydrogens (primary N) is 1. The van der Waals surface area contributed by atoms with Crippen molar-refractivity contribution in [3.63, 3.8) is 0 Å².